The molecule has 0 radical (unpaired) electrons. The highest BCUT2D eigenvalue weighted by Crippen LogP contribution is 2.16. The smallest absolute Gasteiger partial charge is 0.355 e. The van der Waals surface area contributed by atoms with Crippen molar-refractivity contribution in [1.29, 1.82) is 0 Å². The van der Waals surface area contributed by atoms with Gasteiger partial charge in [0.1, 0.15) is 0 Å². The summed E-state index contributed by atoms with van der Waals surface area (Å²) in [6.07, 6.45) is 2.52. The molecule has 0 atom stereocenters. The summed E-state index contributed by atoms with van der Waals surface area (Å²) in [5, 5.41) is 17.5. The Labute approximate surface area is 145 Å². The molecule has 130 valence electrons. The van der Waals surface area contributed by atoms with Gasteiger partial charge in [0.15, 0.2) is 11.5 Å². The van der Waals surface area contributed by atoms with Crippen molar-refractivity contribution in [2.45, 2.75) is 19.3 Å². The number of amides is 1. The molecule has 0 aliphatic carbocycles. The standard InChI is InChI=1S/C15H14N4O5S/c20-11(16-6-5-13-17-9(8-25-13)15(21)22)3-4-12-18-14(19-24-12)10-2-1-7-23-10/h1-2,7-8H,3-6H2,(H,16,20)(H,21,22). The topological polar surface area (TPSA) is 131 Å². The summed E-state index contributed by atoms with van der Waals surface area (Å²) >= 11 is 1.26. The molecule has 9 nitrogen and oxygen atoms in total. The first-order valence-corrected chi connectivity index (χ1v) is 8.30. The number of nitrogens with one attached hydrogen (secondary N) is 1. The van der Waals surface area contributed by atoms with E-state index in [0.29, 0.717) is 41.9 Å². The zero-order valence-electron chi connectivity index (χ0n) is 13.0. The number of aryl methyl sites for hydroxylation is 1. The average molecular weight is 362 g/mol. The molecule has 0 unspecified atom stereocenters. The predicted octanol–water partition coefficient (Wildman–Crippen LogP) is 1.78. The molecule has 0 fully saturated rings. The SMILES string of the molecule is O=C(CCc1nc(-c2ccco2)no1)NCCc1nc(C(=O)O)cs1. The zero-order valence-corrected chi connectivity index (χ0v) is 13.8. The Balaban J connectivity index is 1.40. The molecule has 3 aromatic heterocycles. The second-order valence-electron chi connectivity index (χ2n) is 5.02. The van der Waals surface area contributed by atoms with Crippen LogP contribution in [-0.2, 0) is 17.6 Å². The molecule has 25 heavy (non-hydrogen) atoms. The molecular formula is C15H14N4O5S. The molecule has 2 N–H and O–H groups in total. The number of carbonyl (C=O) groups is 2. The van der Waals surface area contributed by atoms with Crippen LogP contribution in [-0.4, -0.2) is 38.7 Å². The lowest BCUT2D eigenvalue weighted by molar-refractivity contribution is -0.121. The summed E-state index contributed by atoms with van der Waals surface area (Å²) in [5.41, 5.74) is 0.0232. The van der Waals surface area contributed by atoms with E-state index in [9.17, 15) is 9.59 Å². The van der Waals surface area contributed by atoms with Gasteiger partial charge < -0.3 is 19.4 Å². The Morgan fingerprint density at radius 2 is 2.16 bits per heavy atom. The molecule has 0 saturated carbocycles. The van der Waals surface area contributed by atoms with Gasteiger partial charge in [-0.1, -0.05) is 5.16 Å². The molecule has 0 bridgehead atoms. The maximum Gasteiger partial charge on any atom is 0.355 e. The van der Waals surface area contributed by atoms with E-state index in [1.54, 1.807) is 12.1 Å². The number of carbonyl (C=O) groups excluding carboxylic acids is 1. The quantitative estimate of drug-likeness (QED) is 0.620. The van der Waals surface area contributed by atoms with Crippen molar-refractivity contribution in [2.75, 3.05) is 6.54 Å². The molecule has 0 aliphatic heterocycles. The second-order valence-corrected chi connectivity index (χ2v) is 5.96. The number of hydrogen-bond donors (Lipinski definition) is 2. The third-order valence-corrected chi connectivity index (χ3v) is 4.12. The summed E-state index contributed by atoms with van der Waals surface area (Å²) in [6, 6.07) is 3.44. The van der Waals surface area contributed by atoms with Gasteiger partial charge in [-0.3, -0.25) is 4.79 Å². The summed E-state index contributed by atoms with van der Waals surface area (Å²) in [5.74, 6) is -0.0117. The highest BCUT2D eigenvalue weighted by molar-refractivity contribution is 7.09. The van der Waals surface area contributed by atoms with Crippen LogP contribution in [0.25, 0.3) is 11.6 Å². The molecule has 10 heteroatoms. The van der Waals surface area contributed by atoms with E-state index in [1.807, 2.05) is 0 Å². The third kappa shape index (κ3) is 4.51. The third-order valence-electron chi connectivity index (χ3n) is 3.21. The van der Waals surface area contributed by atoms with E-state index in [1.165, 1.54) is 23.0 Å². The highest BCUT2D eigenvalue weighted by Gasteiger charge is 2.12. The summed E-state index contributed by atoms with van der Waals surface area (Å²) in [7, 11) is 0. The predicted molar refractivity (Wildman–Crippen MR) is 86.1 cm³/mol. The lowest BCUT2D eigenvalue weighted by atomic mass is 10.3. The van der Waals surface area contributed by atoms with Gasteiger partial charge in [0.25, 0.3) is 0 Å². The van der Waals surface area contributed by atoms with Crippen LogP contribution in [0, 0.1) is 0 Å². The largest absolute Gasteiger partial charge is 0.476 e. The number of furan rings is 1. The lowest BCUT2D eigenvalue weighted by Gasteiger charge is -2.02. The van der Waals surface area contributed by atoms with E-state index < -0.39 is 5.97 Å². The van der Waals surface area contributed by atoms with Gasteiger partial charge in [-0.05, 0) is 12.1 Å². The molecule has 0 saturated heterocycles. The van der Waals surface area contributed by atoms with Crippen LogP contribution in [0.2, 0.25) is 0 Å². The summed E-state index contributed by atoms with van der Waals surface area (Å²) in [4.78, 5) is 30.7. The van der Waals surface area contributed by atoms with Crippen molar-refractivity contribution in [3.8, 4) is 11.6 Å². The first kappa shape index (κ1) is 16.8. The Morgan fingerprint density at radius 1 is 1.28 bits per heavy atom. The van der Waals surface area contributed by atoms with Crippen LogP contribution in [0.4, 0.5) is 0 Å². The Hall–Kier alpha value is -3.01. The average Bonchev–Trinajstić information content (AvgIpc) is 3.33. The van der Waals surface area contributed by atoms with Crippen LogP contribution >= 0.6 is 11.3 Å². The zero-order chi connectivity index (χ0) is 17.6. The monoisotopic (exact) mass is 362 g/mol. The highest BCUT2D eigenvalue weighted by atomic mass is 32.1. The number of aromatic carboxylic acids is 1. The molecule has 0 aliphatic rings. The van der Waals surface area contributed by atoms with Gasteiger partial charge in [0, 0.05) is 31.2 Å². The van der Waals surface area contributed by atoms with Crippen LogP contribution in [0.5, 0.6) is 0 Å². The number of aromatic nitrogens is 3. The Kier molecular flexibility index (Phi) is 5.19. The van der Waals surface area contributed by atoms with Crippen molar-refractivity contribution < 1.29 is 23.6 Å². The fourth-order valence-corrected chi connectivity index (χ4v) is 2.78. The van der Waals surface area contributed by atoms with Crippen molar-refractivity contribution in [3.63, 3.8) is 0 Å². The van der Waals surface area contributed by atoms with E-state index in [0.717, 1.165) is 0 Å². The van der Waals surface area contributed by atoms with Gasteiger partial charge in [0.2, 0.25) is 17.6 Å². The minimum atomic E-state index is -1.06. The molecule has 3 heterocycles. The number of rotatable bonds is 8. The van der Waals surface area contributed by atoms with Crippen LogP contribution < -0.4 is 5.32 Å². The normalized spacial score (nSPS) is 10.7. The van der Waals surface area contributed by atoms with Crippen LogP contribution in [0.1, 0.15) is 27.8 Å². The minimum absolute atomic E-state index is 0.0232. The first-order chi connectivity index (χ1) is 12.1. The van der Waals surface area contributed by atoms with Crippen molar-refractivity contribution in [2.24, 2.45) is 0 Å². The Bertz CT molecular complexity index is 855. The fraction of sp³-hybridized carbons (Fsp3) is 0.267. The maximum absolute atomic E-state index is 11.8. The number of hydrogen-bond acceptors (Lipinski definition) is 8. The number of nitrogens with zero attached hydrogens (tertiary/aromatic N) is 3. The van der Waals surface area contributed by atoms with Gasteiger partial charge >= 0.3 is 5.97 Å². The molecule has 0 aromatic carbocycles. The Morgan fingerprint density at radius 3 is 2.88 bits per heavy atom. The molecular weight excluding hydrogens is 348 g/mol. The van der Waals surface area contributed by atoms with E-state index in [4.69, 9.17) is 14.0 Å². The van der Waals surface area contributed by atoms with E-state index in [-0.39, 0.29) is 18.0 Å². The lowest BCUT2D eigenvalue weighted by Crippen LogP contribution is -2.25. The molecule has 1 amide bonds. The van der Waals surface area contributed by atoms with Crippen molar-refractivity contribution >= 4 is 23.2 Å². The van der Waals surface area contributed by atoms with Gasteiger partial charge in [-0.2, -0.15) is 4.98 Å². The first-order valence-electron chi connectivity index (χ1n) is 7.42. The summed E-state index contributed by atoms with van der Waals surface area (Å²) < 4.78 is 10.2. The van der Waals surface area contributed by atoms with Crippen molar-refractivity contribution in [3.05, 3.63) is 40.4 Å². The van der Waals surface area contributed by atoms with Gasteiger partial charge in [0.05, 0.1) is 11.3 Å². The van der Waals surface area contributed by atoms with E-state index >= 15 is 0 Å². The van der Waals surface area contributed by atoms with Gasteiger partial charge in [-0.15, -0.1) is 11.3 Å². The minimum Gasteiger partial charge on any atom is -0.476 e. The van der Waals surface area contributed by atoms with E-state index in [2.05, 4.69) is 20.4 Å². The van der Waals surface area contributed by atoms with Crippen molar-refractivity contribution in [1.82, 2.24) is 20.4 Å². The molecule has 0 spiro atoms. The number of carboxylic acid groups (broad SMARTS) is 1. The van der Waals surface area contributed by atoms with Crippen LogP contribution in [0.3, 0.4) is 0 Å². The molecule has 3 aromatic rings. The maximum atomic E-state index is 11.8. The van der Waals surface area contributed by atoms with Crippen LogP contribution in [0.15, 0.2) is 32.7 Å². The molecule has 3 rings (SSSR count). The number of thiazole rings is 1. The fourth-order valence-electron chi connectivity index (χ4n) is 2.00. The number of carboxylic acids is 1. The van der Waals surface area contributed by atoms with Gasteiger partial charge in [-0.25, -0.2) is 9.78 Å². The summed E-state index contributed by atoms with van der Waals surface area (Å²) in [6.45, 7) is 0.382. The second kappa shape index (κ2) is 7.71.